The zero-order chi connectivity index (χ0) is 17.8. The molecule has 0 aliphatic rings. The Labute approximate surface area is 143 Å². The Hall–Kier alpha value is -3.22. The number of Topliss-reactive ketones (excluding diaryl/α,β-unsaturated/α-hetero) is 1. The third-order valence-electron chi connectivity index (χ3n) is 3.80. The van der Waals surface area contributed by atoms with Crippen LogP contribution in [0.25, 0.3) is 5.65 Å². The Morgan fingerprint density at radius 1 is 1.12 bits per heavy atom. The molecule has 0 bridgehead atoms. The van der Waals surface area contributed by atoms with E-state index in [2.05, 4.69) is 17.1 Å². The number of aromatic nitrogens is 3. The normalized spacial score (nSPS) is 10.8. The number of benzene rings is 1. The predicted molar refractivity (Wildman–Crippen MR) is 90.9 cm³/mol. The highest BCUT2D eigenvalue weighted by Crippen LogP contribution is 2.09. The van der Waals surface area contributed by atoms with Crippen LogP contribution in [0.3, 0.4) is 0 Å². The van der Waals surface area contributed by atoms with Gasteiger partial charge in [0, 0.05) is 11.8 Å². The first kappa shape index (κ1) is 16.6. The Bertz CT molecular complexity index is 970. The Morgan fingerprint density at radius 2 is 1.84 bits per heavy atom. The molecule has 0 saturated carbocycles. The smallest absolute Gasteiger partial charge is 0.347 e. The summed E-state index contributed by atoms with van der Waals surface area (Å²) < 4.78 is 6.25. The van der Waals surface area contributed by atoms with Gasteiger partial charge in [-0.3, -0.25) is 4.79 Å². The highest BCUT2D eigenvalue weighted by molar-refractivity contribution is 5.99. The fourth-order valence-electron chi connectivity index (χ4n) is 2.47. The molecule has 0 radical (unpaired) electrons. The molecule has 25 heavy (non-hydrogen) atoms. The number of pyridine rings is 1. The summed E-state index contributed by atoms with van der Waals surface area (Å²) in [5.74, 6) is -0.955. The molecule has 2 aromatic heterocycles. The van der Waals surface area contributed by atoms with Crippen LogP contribution in [0.15, 0.2) is 47.4 Å². The summed E-state index contributed by atoms with van der Waals surface area (Å²) in [6.07, 6.45) is 3.32. The van der Waals surface area contributed by atoms with E-state index in [0.29, 0.717) is 11.2 Å². The second-order valence-corrected chi connectivity index (χ2v) is 5.62. The average molecular weight is 339 g/mol. The van der Waals surface area contributed by atoms with Gasteiger partial charge in [0.25, 0.3) is 0 Å². The van der Waals surface area contributed by atoms with E-state index in [-0.39, 0.29) is 18.0 Å². The fraction of sp³-hybridized carbons (Fsp3) is 0.222. The zero-order valence-corrected chi connectivity index (χ0v) is 13.7. The van der Waals surface area contributed by atoms with E-state index < -0.39 is 11.7 Å². The monoisotopic (exact) mass is 339 g/mol. The number of hydrogen-bond acceptors (Lipinski definition) is 5. The third kappa shape index (κ3) is 3.65. The number of carbonyl (C=O) groups is 2. The Balaban J connectivity index is 1.65. The molecule has 0 aliphatic heterocycles. The molecule has 0 amide bonds. The van der Waals surface area contributed by atoms with E-state index >= 15 is 0 Å². The van der Waals surface area contributed by atoms with Crippen molar-refractivity contribution < 1.29 is 14.3 Å². The number of carbonyl (C=O) groups excluding carboxylic acids is 2. The molecule has 3 aromatic rings. The number of esters is 1. The van der Waals surface area contributed by atoms with Crippen LogP contribution in [-0.2, 0) is 11.2 Å². The standard InChI is InChI=1S/C18H17N3O4/c1-2-3-12-4-6-13(7-5-12)15(22)11-25-17(23)14-8-9-16-19-20-18(24)21(16)10-14/h4-10H,2-3,11H2,1H3,(H,20,24). The molecular formula is C18H17N3O4. The molecule has 128 valence electrons. The maximum Gasteiger partial charge on any atom is 0.347 e. The zero-order valence-electron chi connectivity index (χ0n) is 13.7. The molecular weight excluding hydrogens is 322 g/mol. The van der Waals surface area contributed by atoms with E-state index in [0.717, 1.165) is 18.4 Å². The molecule has 7 heteroatoms. The largest absolute Gasteiger partial charge is 0.454 e. The number of nitrogens with one attached hydrogen (secondary N) is 1. The summed E-state index contributed by atoms with van der Waals surface area (Å²) in [6, 6.07) is 10.3. The predicted octanol–water partition coefficient (Wildman–Crippen LogP) is 2.01. The van der Waals surface area contributed by atoms with Gasteiger partial charge in [0.15, 0.2) is 18.0 Å². The molecule has 0 spiro atoms. The second kappa shape index (κ2) is 7.12. The maximum atomic E-state index is 12.1. The number of rotatable bonds is 6. The number of fused-ring (bicyclic) bond motifs is 1. The minimum Gasteiger partial charge on any atom is -0.454 e. The van der Waals surface area contributed by atoms with Gasteiger partial charge in [-0.05, 0) is 24.1 Å². The average Bonchev–Trinajstić information content (AvgIpc) is 3.01. The SMILES string of the molecule is CCCc1ccc(C(=O)COC(=O)c2ccc3n[nH]c(=O)n3c2)cc1. The van der Waals surface area contributed by atoms with Crippen LogP contribution < -0.4 is 5.69 Å². The number of ether oxygens (including phenoxy) is 1. The summed E-state index contributed by atoms with van der Waals surface area (Å²) in [5.41, 5.74) is 1.77. The minimum absolute atomic E-state index is 0.169. The van der Waals surface area contributed by atoms with Crippen LogP contribution >= 0.6 is 0 Å². The summed E-state index contributed by atoms with van der Waals surface area (Å²) in [7, 11) is 0. The number of hydrogen-bond donors (Lipinski definition) is 1. The quantitative estimate of drug-likeness (QED) is 0.548. The van der Waals surface area contributed by atoms with Crippen LogP contribution in [-0.4, -0.2) is 33.0 Å². The molecule has 1 N–H and O–H groups in total. The lowest BCUT2D eigenvalue weighted by Gasteiger charge is -2.05. The van der Waals surface area contributed by atoms with Crippen molar-refractivity contribution in [2.24, 2.45) is 0 Å². The Kier molecular flexibility index (Phi) is 4.74. The Morgan fingerprint density at radius 3 is 2.56 bits per heavy atom. The van der Waals surface area contributed by atoms with Crippen molar-refractivity contribution in [2.75, 3.05) is 6.61 Å². The lowest BCUT2D eigenvalue weighted by molar-refractivity contribution is 0.0474. The number of nitrogens with zero attached hydrogens (tertiary/aromatic N) is 2. The van der Waals surface area contributed by atoms with Crippen molar-refractivity contribution in [1.29, 1.82) is 0 Å². The number of aromatic amines is 1. The maximum absolute atomic E-state index is 12.1. The number of aryl methyl sites for hydroxylation is 1. The molecule has 0 aliphatic carbocycles. The molecule has 3 rings (SSSR count). The van der Waals surface area contributed by atoms with Crippen LogP contribution in [0, 0.1) is 0 Å². The molecule has 1 aromatic carbocycles. The van der Waals surface area contributed by atoms with Crippen molar-refractivity contribution >= 4 is 17.4 Å². The first-order valence-corrected chi connectivity index (χ1v) is 7.94. The summed E-state index contributed by atoms with van der Waals surface area (Å²) in [5, 5.41) is 6.05. The van der Waals surface area contributed by atoms with Crippen LogP contribution in [0.4, 0.5) is 0 Å². The van der Waals surface area contributed by atoms with Crippen molar-refractivity contribution in [3.63, 3.8) is 0 Å². The second-order valence-electron chi connectivity index (χ2n) is 5.62. The topological polar surface area (TPSA) is 93.5 Å². The molecule has 7 nitrogen and oxygen atoms in total. The van der Waals surface area contributed by atoms with Gasteiger partial charge in [0.2, 0.25) is 0 Å². The van der Waals surface area contributed by atoms with Crippen molar-refractivity contribution in [2.45, 2.75) is 19.8 Å². The first-order valence-electron chi connectivity index (χ1n) is 7.94. The molecule has 2 heterocycles. The van der Waals surface area contributed by atoms with Gasteiger partial charge in [0.1, 0.15) is 0 Å². The van der Waals surface area contributed by atoms with E-state index in [1.165, 1.54) is 22.7 Å². The lowest BCUT2D eigenvalue weighted by Crippen LogP contribution is -2.16. The van der Waals surface area contributed by atoms with E-state index in [9.17, 15) is 14.4 Å². The number of H-pyrrole nitrogens is 1. The van der Waals surface area contributed by atoms with Gasteiger partial charge < -0.3 is 4.74 Å². The molecule has 0 atom stereocenters. The van der Waals surface area contributed by atoms with Crippen molar-refractivity contribution in [1.82, 2.24) is 14.6 Å². The highest BCUT2D eigenvalue weighted by Gasteiger charge is 2.13. The van der Waals surface area contributed by atoms with Crippen LogP contribution in [0.2, 0.25) is 0 Å². The summed E-state index contributed by atoms with van der Waals surface area (Å²) in [4.78, 5) is 35.7. The summed E-state index contributed by atoms with van der Waals surface area (Å²) >= 11 is 0. The first-order chi connectivity index (χ1) is 12.1. The van der Waals surface area contributed by atoms with Gasteiger partial charge in [-0.25, -0.2) is 19.1 Å². The van der Waals surface area contributed by atoms with Gasteiger partial charge in [-0.2, -0.15) is 5.10 Å². The van der Waals surface area contributed by atoms with Crippen LogP contribution in [0.1, 0.15) is 39.6 Å². The van der Waals surface area contributed by atoms with Crippen LogP contribution in [0.5, 0.6) is 0 Å². The van der Waals surface area contributed by atoms with Gasteiger partial charge in [-0.15, -0.1) is 0 Å². The van der Waals surface area contributed by atoms with Gasteiger partial charge >= 0.3 is 11.7 Å². The minimum atomic E-state index is -0.675. The lowest BCUT2D eigenvalue weighted by atomic mass is 10.1. The van der Waals surface area contributed by atoms with E-state index in [1.54, 1.807) is 12.1 Å². The molecule has 0 fully saturated rings. The fourth-order valence-corrected chi connectivity index (χ4v) is 2.47. The van der Waals surface area contributed by atoms with Gasteiger partial charge in [0.05, 0.1) is 5.56 Å². The molecule has 0 saturated heterocycles. The third-order valence-corrected chi connectivity index (χ3v) is 3.80. The van der Waals surface area contributed by atoms with E-state index in [4.69, 9.17) is 4.74 Å². The highest BCUT2D eigenvalue weighted by atomic mass is 16.5. The van der Waals surface area contributed by atoms with Crippen molar-refractivity contribution in [3.05, 3.63) is 69.8 Å². The van der Waals surface area contributed by atoms with Gasteiger partial charge in [-0.1, -0.05) is 37.6 Å². The summed E-state index contributed by atoms with van der Waals surface area (Å²) in [6.45, 7) is 1.73. The number of ketones is 1. The van der Waals surface area contributed by atoms with Crippen molar-refractivity contribution in [3.8, 4) is 0 Å². The van der Waals surface area contributed by atoms with E-state index in [1.807, 2.05) is 12.1 Å². The molecule has 0 unspecified atom stereocenters.